The molecule has 0 bridgehead atoms. The van der Waals surface area contributed by atoms with E-state index in [1.54, 1.807) is 0 Å². The van der Waals surface area contributed by atoms with Crippen LogP contribution in [-0.4, -0.2) is 19.0 Å². The van der Waals surface area contributed by atoms with Gasteiger partial charge in [-0.2, -0.15) is 0 Å². The molecule has 1 aliphatic carbocycles. The molecule has 3 nitrogen and oxygen atoms in total. The van der Waals surface area contributed by atoms with Crippen molar-refractivity contribution in [3.05, 3.63) is 0 Å². The van der Waals surface area contributed by atoms with Crippen LogP contribution in [0, 0.1) is 0 Å². The minimum Gasteiger partial charge on any atom is -0.228 e. The molecule has 60 valence electrons. The molecule has 0 heterocycles. The molecule has 2 atom stereocenters. The van der Waals surface area contributed by atoms with Gasteiger partial charge < -0.3 is 0 Å². The molecule has 0 radical (unpaired) electrons. The zero-order valence-corrected chi connectivity index (χ0v) is 7.03. The van der Waals surface area contributed by atoms with Crippen molar-refractivity contribution in [3.8, 4) is 0 Å². The summed E-state index contributed by atoms with van der Waals surface area (Å²) >= 11 is 5.69. The number of alkyl halides is 1. The Morgan fingerprint density at radius 2 is 2.00 bits per heavy atom. The van der Waals surface area contributed by atoms with Crippen LogP contribution in [-0.2, 0) is 10.0 Å². The summed E-state index contributed by atoms with van der Waals surface area (Å²) in [6.45, 7) is 0. The number of nitrogens with two attached hydrogens (primary N) is 1. The van der Waals surface area contributed by atoms with Crippen LogP contribution in [0.5, 0.6) is 0 Å². The van der Waals surface area contributed by atoms with Crippen LogP contribution in [0.3, 0.4) is 0 Å². The Kier molecular flexibility index (Phi) is 2.22. The van der Waals surface area contributed by atoms with Crippen LogP contribution < -0.4 is 5.14 Å². The Morgan fingerprint density at radius 1 is 1.40 bits per heavy atom. The van der Waals surface area contributed by atoms with E-state index in [9.17, 15) is 8.42 Å². The highest BCUT2D eigenvalue weighted by molar-refractivity contribution is 7.89. The first-order valence-corrected chi connectivity index (χ1v) is 5.20. The molecule has 1 fully saturated rings. The monoisotopic (exact) mass is 183 g/mol. The number of hydrogen-bond donors (Lipinski definition) is 1. The average molecular weight is 184 g/mol. The van der Waals surface area contributed by atoms with Crippen LogP contribution in [0.25, 0.3) is 0 Å². The van der Waals surface area contributed by atoms with Gasteiger partial charge in [-0.25, -0.2) is 13.6 Å². The fourth-order valence-corrected chi connectivity index (χ4v) is 2.60. The molecule has 1 rings (SSSR count). The molecule has 0 spiro atoms. The van der Waals surface area contributed by atoms with Crippen molar-refractivity contribution in [2.75, 3.05) is 0 Å². The SMILES string of the molecule is NS(=O)(=O)C1CCC(Cl)C1. The average Bonchev–Trinajstić information content (AvgIpc) is 2.11. The third kappa shape index (κ3) is 1.84. The third-order valence-electron chi connectivity index (χ3n) is 1.79. The second kappa shape index (κ2) is 2.68. The summed E-state index contributed by atoms with van der Waals surface area (Å²) in [5.41, 5.74) is 0. The van der Waals surface area contributed by atoms with E-state index >= 15 is 0 Å². The van der Waals surface area contributed by atoms with Gasteiger partial charge in [-0.3, -0.25) is 0 Å². The van der Waals surface area contributed by atoms with Gasteiger partial charge >= 0.3 is 0 Å². The van der Waals surface area contributed by atoms with Crippen molar-refractivity contribution in [1.29, 1.82) is 0 Å². The molecular weight excluding hydrogens is 174 g/mol. The number of primary sulfonamides is 1. The Balaban J connectivity index is 2.62. The fraction of sp³-hybridized carbons (Fsp3) is 1.00. The lowest BCUT2D eigenvalue weighted by atomic mass is 10.4. The smallest absolute Gasteiger partial charge is 0.212 e. The van der Waals surface area contributed by atoms with Crippen LogP contribution in [0.2, 0.25) is 0 Å². The second-order valence-electron chi connectivity index (χ2n) is 2.62. The predicted molar refractivity (Wildman–Crippen MR) is 40.4 cm³/mol. The molecule has 0 aliphatic heterocycles. The van der Waals surface area contributed by atoms with E-state index in [4.69, 9.17) is 16.7 Å². The molecule has 0 saturated heterocycles. The molecule has 1 aliphatic rings. The van der Waals surface area contributed by atoms with Gasteiger partial charge in [-0.15, -0.1) is 11.6 Å². The van der Waals surface area contributed by atoms with E-state index in [1.807, 2.05) is 0 Å². The van der Waals surface area contributed by atoms with E-state index < -0.39 is 15.3 Å². The van der Waals surface area contributed by atoms with Crippen LogP contribution in [0.1, 0.15) is 19.3 Å². The quantitative estimate of drug-likeness (QED) is 0.600. The van der Waals surface area contributed by atoms with Gasteiger partial charge in [-0.1, -0.05) is 0 Å². The first kappa shape index (κ1) is 8.30. The largest absolute Gasteiger partial charge is 0.228 e. The highest BCUT2D eigenvalue weighted by atomic mass is 35.5. The first-order valence-electron chi connectivity index (χ1n) is 3.16. The maximum Gasteiger partial charge on any atom is 0.212 e. The molecule has 0 amide bonds. The van der Waals surface area contributed by atoms with E-state index in [0.29, 0.717) is 12.8 Å². The van der Waals surface area contributed by atoms with E-state index in [1.165, 1.54) is 0 Å². The Morgan fingerprint density at radius 3 is 2.20 bits per heavy atom. The minimum absolute atomic E-state index is 0.00308. The minimum atomic E-state index is -3.32. The Hall–Kier alpha value is 0.200. The summed E-state index contributed by atoms with van der Waals surface area (Å²) in [6, 6.07) is 0. The molecule has 0 aromatic rings. The number of halogens is 1. The van der Waals surface area contributed by atoms with Gasteiger partial charge in [0.2, 0.25) is 10.0 Å². The highest BCUT2D eigenvalue weighted by Crippen LogP contribution is 2.27. The van der Waals surface area contributed by atoms with Gasteiger partial charge in [-0.05, 0) is 19.3 Å². The fourth-order valence-electron chi connectivity index (χ4n) is 1.19. The van der Waals surface area contributed by atoms with Crippen molar-refractivity contribution < 1.29 is 8.42 Å². The summed E-state index contributed by atoms with van der Waals surface area (Å²) in [7, 11) is -3.32. The van der Waals surface area contributed by atoms with Crippen LogP contribution in [0.15, 0.2) is 0 Å². The summed E-state index contributed by atoms with van der Waals surface area (Å²) < 4.78 is 21.4. The number of rotatable bonds is 1. The van der Waals surface area contributed by atoms with Gasteiger partial charge in [0.05, 0.1) is 5.25 Å². The summed E-state index contributed by atoms with van der Waals surface area (Å²) in [6.07, 6.45) is 1.90. The van der Waals surface area contributed by atoms with Gasteiger partial charge in [0.15, 0.2) is 0 Å². The normalized spacial score (nSPS) is 34.6. The standard InChI is InChI=1S/C5H10ClNO2S/c6-4-1-2-5(3-4)10(7,8)9/h4-5H,1-3H2,(H2,7,8,9). The lowest BCUT2D eigenvalue weighted by molar-refractivity contribution is 0.581. The lowest BCUT2D eigenvalue weighted by Gasteiger charge is -2.03. The van der Waals surface area contributed by atoms with Crippen molar-refractivity contribution in [3.63, 3.8) is 0 Å². The zero-order valence-electron chi connectivity index (χ0n) is 5.46. The van der Waals surface area contributed by atoms with Gasteiger partial charge in [0.1, 0.15) is 0 Å². The molecular formula is C5H10ClNO2S. The zero-order chi connectivity index (χ0) is 7.78. The molecule has 5 heteroatoms. The maximum atomic E-state index is 10.7. The van der Waals surface area contributed by atoms with E-state index in [0.717, 1.165) is 6.42 Å². The summed E-state index contributed by atoms with van der Waals surface area (Å²) in [5.74, 6) is 0. The molecule has 0 aromatic heterocycles. The van der Waals surface area contributed by atoms with Crippen molar-refractivity contribution in [2.24, 2.45) is 5.14 Å². The topological polar surface area (TPSA) is 60.2 Å². The molecule has 1 saturated carbocycles. The van der Waals surface area contributed by atoms with Crippen LogP contribution in [0.4, 0.5) is 0 Å². The Labute approximate surface area is 65.6 Å². The maximum absolute atomic E-state index is 10.7. The number of sulfonamides is 1. The molecule has 10 heavy (non-hydrogen) atoms. The third-order valence-corrected chi connectivity index (χ3v) is 3.54. The molecule has 2 unspecified atom stereocenters. The van der Waals surface area contributed by atoms with E-state index in [2.05, 4.69) is 0 Å². The van der Waals surface area contributed by atoms with Crippen molar-refractivity contribution in [2.45, 2.75) is 29.9 Å². The van der Waals surface area contributed by atoms with Crippen molar-refractivity contribution >= 4 is 21.6 Å². The molecule has 0 aromatic carbocycles. The molecule has 2 N–H and O–H groups in total. The first-order chi connectivity index (χ1) is 4.50. The van der Waals surface area contributed by atoms with E-state index in [-0.39, 0.29) is 5.38 Å². The van der Waals surface area contributed by atoms with Crippen LogP contribution >= 0.6 is 11.6 Å². The van der Waals surface area contributed by atoms with Gasteiger partial charge in [0.25, 0.3) is 0 Å². The highest BCUT2D eigenvalue weighted by Gasteiger charge is 2.30. The second-order valence-corrected chi connectivity index (χ2v) is 5.08. The predicted octanol–water partition coefficient (Wildman–Crippen LogP) is 0.435. The Bertz CT molecular complexity index is 214. The number of hydrogen-bond acceptors (Lipinski definition) is 2. The van der Waals surface area contributed by atoms with Gasteiger partial charge in [0, 0.05) is 5.38 Å². The summed E-state index contributed by atoms with van der Waals surface area (Å²) in [5, 5.41) is 4.53. The summed E-state index contributed by atoms with van der Waals surface area (Å²) in [4.78, 5) is 0. The van der Waals surface area contributed by atoms with Crippen molar-refractivity contribution in [1.82, 2.24) is 0 Å². The lowest BCUT2D eigenvalue weighted by Crippen LogP contribution is -2.26.